The van der Waals surface area contributed by atoms with Crippen molar-refractivity contribution < 1.29 is 9.90 Å². The molecule has 3 aromatic rings. The Balaban J connectivity index is 2.09. The van der Waals surface area contributed by atoms with Gasteiger partial charge < -0.3 is 10.4 Å². The van der Waals surface area contributed by atoms with Crippen molar-refractivity contribution in [3.63, 3.8) is 0 Å². The number of carbonyl (C=O) groups excluding carboxylic acids is 1. The van der Waals surface area contributed by atoms with E-state index in [4.69, 9.17) is 5.11 Å². The Morgan fingerprint density at radius 2 is 2.29 bits per heavy atom. The zero-order valence-electron chi connectivity index (χ0n) is 13.9. The number of pyridine rings is 1. The highest BCUT2D eigenvalue weighted by Gasteiger charge is 2.19. The lowest BCUT2D eigenvalue weighted by Crippen LogP contribution is -2.29. The van der Waals surface area contributed by atoms with Crippen molar-refractivity contribution in [2.24, 2.45) is 13.0 Å². The quantitative estimate of drug-likeness (QED) is 0.745. The van der Waals surface area contributed by atoms with Crippen LogP contribution in [0.4, 0.5) is 0 Å². The molecule has 1 amide bonds. The lowest BCUT2D eigenvalue weighted by molar-refractivity contribution is 0.0944. The first kappa shape index (κ1) is 16.6. The summed E-state index contributed by atoms with van der Waals surface area (Å²) in [5.41, 5.74) is 2.80. The van der Waals surface area contributed by atoms with E-state index in [0.717, 1.165) is 21.7 Å². The maximum atomic E-state index is 12.7. The van der Waals surface area contributed by atoms with Crippen LogP contribution >= 0.6 is 11.3 Å². The molecular weight excluding hydrogens is 324 g/mol. The predicted molar refractivity (Wildman–Crippen MR) is 95.1 cm³/mol. The van der Waals surface area contributed by atoms with Gasteiger partial charge in [-0.15, -0.1) is 11.3 Å². The Morgan fingerprint density at radius 1 is 1.50 bits per heavy atom. The molecule has 0 saturated heterocycles. The van der Waals surface area contributed by atoms with Crippen molar-refractivity contribution >= 4 is 28.3 Å². The molecule has 2 N–H and O–H groups in total. The van der Waals surface area contributed by atoms with Gasteiger partial charge in [-0.3, -0.25) is 9.48 Å². The van der Waals surface area contributed by atoms with Crippen LogP contribution < -0.4 is 5.32 Å². The second-order valence-corrected chi connectivity index (χ2v) is 6.89. The predicted octanol–water partition coefficient (Wildman–Crippen LogP) is 2.36. The third-order valence-corrected chi connectivity index (χ3v) is 4.80. The molecule has 7 heteroatoms. The first-order chi connectivity index (χ1) is 11.5. The zero-order valence-corrected chi connectivity index (χ0v) is 14.7. The van der Waals surface area contributed by atoms with Crippen LogP contribution in [0.5, 0.6) is 0 Å². The van der Waals surface area contributed by atoms with E-state index in [2.05, 4.69) is 15.4 Å². The third kappa shape index (κ3) is 3.05. The minimum Gasteiger partial charge on any atom is -0.396 e. The van der Waals surface area contributed by atoms with Crippen LogP contribution in [0.25, 0.3) is 21.6 Å². The minimum absolute atomic E-state index is 0.0121. The topological polar surface area (TPSA) is 80.0 Å². The van der Waals surface area contributed by atoms with Crippen LogP contribution in [-0.4, -0.2) is 38.9 Å². The number of thiophene rings is 1. The van der Waals surface area contributed by atoms with Crippen LogP contribution in [0.15, 0.2) is 23.6 Å². The average Bonchev–Trinajstić information content (AvgIpc) is 3.20. The number of nitrogens with one attached hydrogen (secondary N) is 1. The number of aromatic nitrogens is 3. The first-order valence-electron chi connectivity index (χ1n) is 7.78. The molecule has 126 valence electrons. The Bertz CT molecular complexity index is 870. The highest BCUT2D eigenvalue weighted by Crippen LogP contribution is 2.29. The fourth-order valence-electron chi connectivity index (χ4n) is 2.60. The minimum atomic E-state index is -0.170. The van der Waals surface area contributed by atoms with Crippen LogP contribution in [0, 0.1) is 12.8 Å². The number of nitrogens with zero attached hydrogens (tertiary/aromatic N) is 3. The first-order valence-corrected chi connectivity index (χ1v) is 8.66. The molecule has 0 bridgehead atoms. The van der Waals surface area contributed by atoms with E-state index >= 15 is 0 Å². The number of carbonyl (C=O) groups is 1. The Morgan fingerprint density at radius 3 is 2.96 bits per heavy atom. The molecule has 0 radical (unpaired) electrons. The summed E-state index contributed by atoms with van der Waals surface area (Å²) in [7, 11) is 1.83. The lowest BCUT2D eigenvalue weighted by atomic mass is 10.1. The maximum Gasteiger partial charge on any atom is 0.252 e. The van der Waals surface area contributed by atoms with Gasteiger partial charge >= 0.3 is 0 Å². The molecule has 3 rings (SSSR count). The summed E-state index contributed by atoms with van der Waals surface area (Å²) in [5.74, 6) is -0.158. The van der Waals surface area contributed by atoms with Gasteiger partial charge in [0.25, 0.3) is 5.91 Å². The third-order valence-electron chi connectivity index (χ3n) is 3.91. The SMILES string of the molecule is Cc1nn(C)c2nc(-c3cccs3)cc(C(=O)NCC(C)CO)c12. The zero-order chi connectivity index (χ0) is 17.3. The van der Waals surface area contributed by atoms with Gasteiger partial charge in [-0.2, -0.15) is 5.10 Å². The highest BCUT2D eigenvalue weighted by atomic mass is 32.1. The molecule has 3 aromatic heterocycles. The molecule has 0 aliphatic heterocycles. The Hall–Kier alpha value is -2.25. The van der Waals surface area contributed by atoms with Gasteiger partial charge in [0.1, 0.15) is 0 Å². The molecule has 0 fully saturated rings. The van der Waals surface area contributed by atoms with Gasteiger partial charge in [0, 0.05) is 20.2 Å². The van der Waals surface area contributed by atoms with E-state index in [0.29, 0.717) is 17.8 Å². The molecule has 0 spiro atoms. The number of aliphatic hydroxyl groups excluding tert-OH is 1. The van der Waals surface area contributed by atoms with Gasteiger partial charge in [0.05, 0.1) is 27.2 Å². The number of hydrogen-bond acceptors (Lipinski definition) is 5. The highest BCUT2D eigenvalue weighted by molar-refractivity contribution is 7.13. The molecule has 24 heavy (non-hydrogen) atoms. The van der Waals surface area contributed by atoms with E-state index in [9.17, 15) is 4.79 Å². The Labute approximate surface area is 144 Å². The van der Waals surface area contributed by atoms with Crippen molar-refractivity contribution in [1.29, 1.82) is 0 Å². The molecule has 0 aliphatic rings. The smallest absolute Gasteiger partial charge is 0.252 e. The summed E-state index contributed by atoms with van der Waals surface area (Å²) in [5, 5.41) is 19.2. The summed E-state index contributed by atoms with van der Waals surface area (Å²) < 4.78 is 1.70. The van der Waals surface area contributed by atoms with Gasteiger partial charge in [-0.05, 0) is 30.4 Å². The number of aryl methyl sites for hydroxylation is 2. The van der Waals surface area contributed by atoms with Crippen molar-refractivity contribution in [3.05, 3.63) is 34.8 Å². The van der Waals surface area contributed by atoms with Crippen LogP contribution in [0.1, 0.15) is 23.0 Å². The molecule has 0 aromatic carbocycles. The maximum absolute atomic E-state index is 12.7. The van der Waals surface area contributed by atoms with Gasteiger partial charge in [0.15, 0.2) is 5.65 Å². The molecule has 0 saturated carbocycles. The second-order valence-electron chi connectivity index (χ2n) is 5.94. The van der Waals surface area contributed by atoms with E-state index in [1.807, 2.05) is 44.5 Å². The summed E-state index contributed by atoms with van der Waals surface area (Å²) >= 11 is 1.58. The average molecular weight is 344 g/mol. The molecular formula is C17H20N4O2S. The van der Waals surface area contributed by atoms with E-state index in [-0.39, 0.29) is 18.4 Å². The number of rotatable bonds is 5. The normalized spacial score (nSPS) is 12.5. The van der Waals surface area contributed by atoms with Crippen molar-refractivity contribution in [2.45, 2.75) is 13.8 Å². The summed E-state index contributed by atoms with van der Waals surface area (Å²) in [6.45, 7) is 4.22. The van der Waals surface area contributed by atoms with Gasteiger partial charge in [-0.1, -0.05) is 13.0 Å². The molecule has 6 nitrogen and oxygen atoms in total. The number of hydrogen-bond donors (Lipinski definition) is 2. The van der Waals surface area contributed by atoms with E-state index in [1.165, 1.54) is 0 Å². The van der Waals surface area contributed by atoms with Crippen LogP contribution in [0.2, 0.25) is 0 Å². The molecule has 0 aliphatic carbocycles. The number of aliphatic hydroxyl groups is 1. The number of amides is 1. The fraction of sp³-hybridized carbons (Fsp3) is 0.353. The van der Waals surface area contributed by atoms with E-state index < -0.39 is 0 Å². The Kier molecular flexibility index (Phi) is 4.64. The largest absolute Gasteiger partial charge is 0.396 e. The van der Waals surface area contributed by atoms with Crippen molar-refractivity contribution in [3.8, 4) is 10.6 Å². The van der Waals surface area contributed by atoms with Crippen molar-refractivity contribution in [1.82, 2.24) is 20.1 Å². The summed E-state index contributed by atoms with van der Waals surface area (Å²) in [4.78, 5) is 18.4. The lowest BCUT2D eigenvalue weighted by Gasteiger charge is -2.11. The monoisotopic (exact) mass is 344 g/mol. The van der Waals surface area contributed by atoms with Gasteiger partial charge in [-0.25, -0.2) is 4.98 Å². The summed E-state index contributed by atoms with van der Waals surface area (Å²) in [6.07, 6.45) is 0. The molecule has 1 unspecified atom stereocenters. The summed E-state index contributed by atoms with van der Waals surface area (Å²) in [6, 6.07) is 5.77. The van der Waals surface area contributed by atoms with Crippen LogP contribution in [0.3, 0.4) is 0 Å². The second kappa shape index (κ2) is 6.70. The fourth-order valence-corrected chi connectivity index (χ4v) is 3.29. The number of fused-ring (bicyclic) bond motifs is 1. The van der Waals surface area contributed by atoms with Gasteiger partial charge in [0.2, 0.25) is 0 Å². The van der Waals surface area contributed by atoms with Crippen LogP contribution in [-0.2, 0) is 7.05 Å². The standard InChI is InChI=1S/C17H20N4O2S/c1-10(9-22)8-18-17(23)12-7-13(14-5-4-6-24-14)19-16-15(12)11(2)20-21(16)3/h4-7,10,22H,8-9H2,1-3H3,(H,18,23). The molecule has 1 atom stereocenters. The van der Waals surface area contributed by atoms with E-state index in [1.54, 1.807) is 16.0 Å². The molecule has 3 heterocycles. The van der Waals surface area contributed by atoms with Crippen molar-refractivity contribution in [2.75, 3.05) is 13.2 Å².